The molecule has 0 spiro atoms. The standard InChI is InChI=1S/C21H17Cl2NO2/c22-16-10-9-13(11-17(16)23)12-26-21(25)20-14-5-1-3-7-18(14)24-19-8-4-2-6-15(19)20/h1,3,5,7,9-11H,2,4,6,8,12H2. The first-order chi connectivity index (χ1) is 12.6. The number of nitrogens with zero attached hydrogens (tertiary/aromatic N) is 1. The van der Waals surface area contributed by atoms with Gasteiger partial charge in [-0.1, -0.05) is 47.5 Å². The number of para-hydroxylation sites is 1. The van der Waals surface area contributed by atoms with E-state index in [1.807, 2.05) is 30.3 Å². The lowest BCUT2D eigenvalue weighted by Crippen LogP contribution is -2.15. The molecule has 5 heteroatoms. The van der Waals surface area contributed by atoms with E-state index >= 15 is 0 Å². The topological polar surface area (TPSA) is 39.2 Å². The fourth-order valence-corrected chi connectivity index (χ4v) is 3.78. The largest absolute Gasteiger partial charge is 0.457 e. The highest BCUT2D eigenvalue weighted by Crippen LogP contribution is 2.30. The van der Waals surface area contributed by atoms with Gasteiger partial charge in [0.15, 0.2) is 0 Å². The maximum Gasteiger partial charge on any atom is 0.339 e. The number of ether oxygens (including phenoxy) is 1. The fraction of sp³-hybridized carbons (Fsp3) is 0.238. The summed E-state index contributed by atoms with van der Waals surface area (Å²) >= 11 is 12.0. The maximum absolute atomic E-state index is 12.9. The first kappa shape index (κ1) is 17.3. The van der Waals surface area contributed by atoms with Crippen LogP contribution in [0.5, 0.6) is 0 Å². The Labute approximate surface area is 161 Å². The molecule has 4 rings (SSSR count). The molecular formula is C21H17Cl2NO2. The van der Waals surface area contributed by atoms with Crippen molar-refractivity contribution in [2.45, 2.75) is 32.3 Å². The van der Waals surface area contributed by atoms with E-state index in [-0.39, 0.29) is 12.6 Å². The summed E-state index contributed by atoms with van der Waals surface area (Å²) < 4.78 is 5.61. The van der Waals surface area contributed by atoms with Gasteiger partial charge < -0.3 is 4.74 Å². The molecule has 0 fully saturated rings. The molecule has 0 amide bonds. The van der Waals surface area contributed by atoms with Crippen LogP contribution in [0.3, 0.4) is 0 Å². The van der Waals surface area contributed by atoms with Crippen molar-refractivity contribution in [3.63, 3.8) is 0 Å². The minimum atomic E-state index is -0.312. The van der Waals surface area contributed by atoms with Gasteiger partial charge in [0.2, 0.25) is 0 Å². The molecule has 26 heavy (non-hydrogen) atoms. The predicted molar refractivity (Wildman–Crippen MR) is 104 cm³/mol. The minimum Gasteiger partial charge on any atom is -0.457 e. The number of esters is 1. The third-order valence-electron chi connectivity index (χ3n) is 4.73. The molecule has 0 unspecified atom stereocenters. The fourth-order valence-electron chi connectivity index (χ4n) is 3.46. The van der Waals surface area contributed by atoms with Crippen LogP contribution in [0.1, 0.15) is 40.0 Å². The zero-order chi connectivity index (χ0) is 18.1. The average molecular weight is 386 g/mol. The lowest BCUT2D eigenvalue weighted by Gasteiger charge is -2.20. The van der Waals surface area contributed by atoms with Crippen molar-refractivity contribution in [3.05, 3.63) is 74.9 Å². The Bertz CT molecular complexity index is 1000. The van der Waals surface area contributed by atoms with E-state index in [0.29, 0.717) is 15.6 Å². The molecule has 132 valence electrons. The van der Waals surface area contributed by atoms with E-state index in [4.69, 9.17) is 32.9 Å². The Balaban J connectivity index is 1.68. The van der Waals surface area contributed by atoms with Crippen molar-refractivity contribution >= 4 is 40.1 Å². The molecule has 0 radical (unpaired) electrons. The first-order valence-electron chi connectivity index (χ1n) is 8.65. The number of hydrogen-bond acceptors (Lipinski definition) is 3. The summed E-state index contributed by atoms with van der Waals surface area (Å²) in [5.74, 6) is -0.312. The van der Waals surface area contributed by atoms with Gasteiger partial charge in [-0.3, -0.25) is 4.98 Å². The SMILES string of the molecule is O=C(OCc1ccc(Cl)c(Cl)c1)c1c2c(nc3ccccc13)CCCC2. The maximum atomic E-state index is 12.9. The van der Waals surface area contributed by atoms with Gasteiger partial charge >= 0.3 is 5.97 Å². The normalized spacial score (nSPS) is 13.5. The number of fused-ring (bicyclic) bond motifs is 2. The van der Waals surface area contributed by atoms with Gasteiger partial charge in [0.25, 0.3) is 0 Å². The Kier molecular flexibility index (Phi) is 4.84. The predicted octanol–water partition coefficient (Wildman–Crippen LogP) is 5.78. The monoisotopic (exact) mass is 385 g/mol. The average Bonchev–Trinajstić information content (AvgIpc) is 2.66. The van der Waals surface area contributed by atoms with Gasteiger partial charge in [0.1, 0.15) is 6.61 Å². The van der Waals surface area contributed by atoms with Crippen LogP contribution >= 0.6 is 23.2 Å². The lowest BCUT2D eigenvalue weighted by atomic mass is 9.90. The molecule has 2 aromatic carbocycles. The number of aryl methyl sites for hydroxylation is 1. The summed E-state index contributed by atoms with van der Waals surface area (Å²) in [5.41, 5.74) is 4.37. The van der Waals surface area contributed by atoms with Crippen molar-refractivity contribution in [3.8, 4) is 0 Å². The molecule has 0 bridgehead atoms. The van der Waals surface area contributed by atoms with Crippen molar-refractivity contribution in [2.24, 2.45) is 0 Å². The second-order valence-corrected chi connectivity index (χ2v) is 7.28. The van der Waals surface area contributed by atoms with Gasteiger partial charge in [-0.05, 0) is 55.0 Å². The van der Waals surface area contributed by atoms with Gasteiger partial charge in [0, 0.05) is 11.1 Å². The highest BCUT2D eigenvalue weighted by Gasteiger charge is 2.23. The number of pyridine rings is 1. The zero-order valence-corrected chi connectivity index (χ0v) is 15.6. The molecule has 0 atom stereocenters. The van der Waals surface area contributed by atoms with E-state index in [1.165, 1.54) is 0 Å². The molecule has 0 aliphatic heterocycles. The van der Waals surface area contributed by atoms with E-state index < -0.39 is 0 Å². The van der Waals surface area contributed by atoms with Crippen molar-refractivity contribution < 1.29 is 9.53 Å². The van der Waals surface area contributed by atoms with Crippen LogP contribution in [0.15, 0.2) is 42.5 Å². The number of halogens is 2. The third-order valence-corrected chi connectivity index (χ3v) is 5.47. The molecule has 0 saturated heterocycles. The van der Waals surface area contributed by atoms with Crippen LogP contribution in [-0.4, -0.2) is 11.0 Å². The highest BCUT2D eigenvalue weighted by molar-refractivity contribution is 6.42. The molecular weight excluding hydrogens is 369 g/mol. The smallest absolute Gasteiger partial charge is 0.339 e. The molecule has 1 aliphatic carbocycles. The van der Waals surface area contributed by atoms with E-state index in [2.05, 4.69) is 0 Å². The van der Waals surface area contributed by atoms with E-state index in [0.717, 1.165) is 53.4 Å². The minimum absolute atomic E-state index is 0.154. The number of aromatic nitrogens is 1. The van der Waals surface area contributed by atoms with Crippen LogP contribution in [0, 0.1) is 0 Å². The number of hydrogen-bond donors (Lipinski definition) is 0. The Hall–Kier alpha value is -2.10. The van der Waals surface area contributed by atoms with Crippen LogP contribution in [-0.2, 0) is 24.2 Å². The Morgan fingerprint density at radius 2 is 1.85 bits per heavy atom. The second-order valence-electron chi connectivity index (χ2n) is 6.46. The summed E-state index contributed by atoms with van der Waals surface area (Å²) in [6.45, 7) is 0.154. The lowest BCUT2D eigenvalue weighted by molar-refractivity contribution is 0.0473. The number of rotatable bonds is 3. The zero-order valence-electron chi connectivity index (χ0n) is 14.1. The number of carbonyl (C=O) groups excluding carboxylic acids is 1. The molecule has 1 aliphatic rings. The van der Waals surface area contributed by atoms with Crippen molar-refractivity contribution in [2.75, 3.05) is 0 Å². The van der Waals surface area contributed by atoms with Crippen LogP contribution < -0.4 is 0 Å². The molecule has 1 heterocycles. The quantitative estimate of drug-likeness (QED) is 0.536. The molecule has 0 N–H and O–H groups in total. The van der Waals surface area contributed by atoms with Gasteiger partial charge in [-0.2, -0.15) is 0 Å². The van der Waals surface area contributed by atoms with E-state index in [9.17, 15) is 4.79 Å². The molecule has 3 aromatic rings. The number of carbonyl (C=O) groups is 1. The molecule has 1 aromatic heterocycles. The summed E-state index contributed by atoms with van der Waals surface area (Å²) in [6, 6.07) is 13.0. The first-order valence-corrected chi connectivity index (χ1v) is 9.40. The third kappa shape index (κ3) is 3.29. The molecule has 3 nitrogen and oxygen atoms in total. The second kappa shape index (κ2) is 7.26. The summed E-state index contributed by atoms with van der Waals surface area (Å²) in [6.07, 6.45) is 3.95. The molecule has 0 saturated carbocycles. The Morgan fingerprint density at radius 3 is 2.69 bits per heavy atom. The summed E-state index contributed by atoms with van der Waals surface area (Å²) in [7, 11) is 0. The van der Waals surface area contributed by atoms with E-state index in [1.54, 1.807) is 12.1 Å². The highest BCUT2D eigenvalue weighted by atomic mass is 35.5. The van der Waals surface area contributed by atoms with Gasteiger partial charge in [0.05, 0.1) is 21.1 Å². The van der Waals surface area contributed by atoms with Crippen LogP contribution in [0.2, 0.25) is 10.0 Å². The van der Waals surface area contributed by atoms with Crippen molar-refractivity contribution in [1.29, 1.82) is 0 Å². The Morgan fingerprint density at radius 1 is 1.04 bits per heavy atom. The number of benzene rings is 2. The summed E-state index contributed by atoms with van der Waals surface area (Å²) in [4.78, 5) is 17.7. The van der Waals surface area contributed by atoms with Crippen molar-refractivity contribution in [1.82, 2.24) is 4.98 Å². The van der Waals surface area contributed by atoms with Gasteiger partial charge in [-0.25, -0.2) is 4.79 Å². The van der Waals surface area contributed by atoms with Gasteiger partial charge in [-0.15, -0.1) is 0 Å². The van der Waals surface area contributed by atoms with Crippen LogP contribution in [0.25, 0.3) is 10.9 Å². The summed E-state index contributed by atoms with van der Waals surface area (Å²) in [5, 5.41) is 1.79. The van der Waals surface area contributed by atoms with Crippen LogP contribution in [0.4, 0.5) is 0 Å².